The Kier molecular flexibility index (Phi) is 3.44. The Hall–Kier alpha value is -1.39. The van der Waals surface area contributed by atoms with Gasteiger partial charge in [0.1, 0.15) is 0 Å². The molecule has 1 aliphatic rings. The fourth-order valence-corrected chi connectivity index (χ4v) is 1.64. The number of hydroxylamine groups is 1. The number of ether oxygens (including phenoxy) is 2. The van der Waals surface area contributed by atoms with Gasteiger partial charge in [0.2, 0.25) is 6.04 Å². The summed E-state index contributed by atoms with van der Waals surface area (Å²) < 4.78 is 11.2. The van der Waals surface area contributed by atoms with Gasteiger partial charge >= 0.3 is 0 Å². The van der Waals surface area contributed by atoms with Crippen LogP contribution in [-0.4, -0.2) is 37.0 Å². The molecule has 0 bridgehead atoms. The maximum absolute atomic E-state index is 11.7. The Bertz CT molecular complexity index is 327. The van der Waals surface area contributed by atoms with Gasteiger partial charge in [-0.1, -0.05) is 19.2 Å². The number of hydrogen-bond acceptors (Lipinski definition) is 3. The van der Waals surface area contributed by atoms with Crippen molar-refractivity contribution in [1.29, 1.82) is 0 Å². The summed E-state index contributed by atoms with van der Waals surface area (Å²) in [5.41, 5.74) is 0.645. The summed E-state index contributed by atoms with van der Waals surface area (Å²) in [4.78, 5) is 0. The minimum absolute atomic E-state index is 0.606. The van der Waals surface area contributed by atoms with Crippen LogP contribution >= 0.6 is 0 Å². The van der Waals surface area contributed by atoms with E-state index in [-0.39, 0.29) is 0 Å². The van der Waals surface area contributed by atoms with Crippen LogP contribution in [0.4, 0.5) is 0 Å². The van der Waals surface area contributed by atoms with E-state index < -0.39 is 11.8 Å². The zero-order valence-electron chi connectivity index (χ0n) is 8.97. The lowest BCUT2D eigenvalue weighted by molar-refractivity contribution is -0.523. The second-order valence-electron chi connectivity index (χ2n) is 3.19. The minimum Gasteiger partial charge on any atom is -0.623 e. The van der Waals surface area contributed by atoms with Crippen LogP contribution in [0.2, 0.25) is 0 Å². The van der Waals surface area contributed by atoms with Gasteiger partial charge in [-0.15, -0.1) is 0 Å². The van der Waals surface area contributed by atoms with Crippen molar-refractivity contribution in [2.75, 3.05) is 14.2 Å². The Balaban J connectivity index is 3.09. The van der Waals surface area contributed by atoms with Gasteiger partial charge in [-0.25, -0.2) is 0 Å². The van der Waals surface area contributed by atoms with Crippen molar-refractivity contribution in [3.8, 4) is 0 Å². The van der Waals surface area contributed by atoms with Crippen LogP contribution in [0.1, 0.15) is 0 Å². The third kappa shape index (κ3) is 1.86. The third-order valence-electron chi connectivity index (χ3n) is 2.41. The summed E-state index contributed by atoms with van der Waals surface area (Å²) in [6.07, 6.45) is 6.13. The number of allylic oxidation sites excluding steroid dienone is 1. The standard InChI is InChI=1S/C11H15NO3/c1-5-8-12(13)10-9(2)6-7-11(10,14-3)15-4/h5-8,10H,1-2H2,3-4H3/b12-8-/t10-/m0/s1. The highest BCUT2D eigenvalue weighted by Gasteiger charge is 2.48. The first-order valence-corrected chi connectivity index (χ1v) is 4.51. The van der Waals surface area contributed by atoms with E-state index >= 15 is 0 Å². The van der Waals surface area contributed by atoms with Crippen LogP contribution in [0.5, 0.6) is 0 Å². The van der Waals surface area contributed by atoms with Crippen molar-refractivity contribution < 1.29 is 14.2 Å². The molecule has 0 saturated heterocycles. The lowest BCUT2D eigenvalue weighted by Crippen LogP contribution is -2.47. The molecule has 0 aromatic heterocycles. The van der Waals surface area contributed by atoms with Crippen molar-refractivity contribution in [2.24, 2.45) is 0 Å². The number of rotatable bonds is 4. The van der Waals surface area contributed by atoms with Gasteiger partial charge in [-0.3, -0.25) is 0 Å². The van der Waals surface area contributed by atoms with Crippen LogP contribution in [-0.2, 0) is 9.47 Å². The minimum atomic E-state index is -1.06. The molecular formula is C11H15NO3. The molecule has 15 heavy (non-hydrogen) atoms. The Labute approximate surface area is 89.4 Å². The fourth-order valence-electron chi connectivity index (χ4n) is 1.64. The lowest BCUT2D eigenvalue weighted by atomic mass is 10.1. The SMILES string of the molecule is C=C/C=[N+](\[O-])[C@H]1C(=C)C=CC1(OC)OC. The molecule has 0 spiro atoms. The molecule has 0 aromatic rings. The highest BCUT2D eigenvalue weighted by molar-refractivity contribution is 5.65. The molecule has 1 rings (SSSR count). The summed E-state index contributed by atoms with van der Waals surface area (Å²) in [5, 5.41) is 11.7. The predicted molar refractivity (Wildman–Crippen MR) is 58.7 cm³/mol. The van der Waals surface area contributed by atoms with E-state index in [9.17, 15) is 5.21 Å². The number of nitrogens with zero attached hydrogens (tertiary/aromatic N) is 1. The summed E-state index contributed by atoms with van der Waals surface area (Å²) in [7, 11) is 2.97. The first-order chi connectivity index (χ1) is 7.11. The molecule has 0 aromatic carbocycles. The smallest absolute Gasteiger partial charge is 0.257 e. The van der Waals surface area contributed by atoms with Crippen molar-refractivity contribution in [1.82, 2.24) is 0 Å². The highest BCUT2D eigenvalue weighted by atomic mass is 16.7. The second-order valence-corrected chi connectivity index (χ2v) is 3.19. The zero-order chi connectivity index (χ0) is 11.5. The van der Waals surface area contributed by atoms with Crippen molar-refractivity contribution in [2.45, 2.75) is 11.8 Å². The van der Waals surface area contributed by atoms with Crippen LogP contribution in [0.15, 0.2) is 37.0 Å². The summed E-state index contributed by atoms with van der Waals surface area (Å²) in [6, 6.07) is -0.606. The van der Waals surface area contributed by atoms with E-state index in [0.29, 0.717) is 5.57 Å². The molecule has 4 nitrogen and oxygen atoms in total. The Morgan fingerprint density at radius 1 is 1.53 bits per heavy atom. The molecule has 4 heteroatoms. The molecule has 0 radical (unpaired) electrons. The molecule has 0 amide bonds. The molecule has 0 aliphatic heterocycles. The van der Waals surface area contributed by atoms with Gasteiger partial charge < -0.3 is 14.7 Å². The van der Waals surface area contributed by atoms with Gasteiger partial charge in [0.15, 0.2) is 6.21 Å². The van der Waals surface area contributed by atoms with Crippen LogP contribution in [0, 0.1) is 5.21 Å². The first-order valence-electron chi connectivity index (χ1n) is 4.51. The van der Waals surface area contributed by atoms with Crippen LogP contribution < -0.4 is 0 Å². The number of hydrogen-bond donors (Lipinski definition) is 0. The molecule has 0 fully saturated rings. The van der Waals surface area contributed by atoms with Gasteiger partial charge in [0.25, 0.3) is 5.79 Å². The lowest BCUT2D eigenvalue weighted by Gasteiger charge is -2.29. The first kappa shape index (κ1) is 11.7. The Morgan fingerprint density at radius 2 is 2.13 bits per heavy atom. The molecule has 0 heterocycles. The summed E-state index contributed by atoms with van der Waals surface area (Å²) in [6.45, 7) is 7.25. The molecule has 0 unspecified atom stereocenters. The molecular weight excluding hydrogens is 194 g/mol. The topological polar surface area (TPSA) is 44.5 Å². The van der Waals surface area contributed by atoms with E-state index in [4.69, 9.17) is 9.47 Å². The van der Waals surface area contributed by atoms with Gasteiger partial charge in [0, 0.05) is 19.8 Å². The van der Waals surface area contributed by atoms with Gasteiger partial charge in [-0.2, -0.15) is 4.74 Å². The predicted octanol–water partition coefficient (Wildman–Crippen LogP) is 1.24. The van der Waals surface area contributed by atoms with E-state index in [0.717, 1.165) is 4.74 Å². The zero-order valence-corrected chi connectivity index (χ0v) is 8.97. The quantitative estimate of drug-likeness (QED) is 0.230. The van der Waals surface area contributed by atoms with E-state index in [1.54, 1.807) is 12.2 Å². The molecule has 1 aliphatic carbocycles. The van der Waals surface area contributed by atoms with Crippen molar-refractivity contribution >= 4 is 6.21 Å². The van der Waals surface area contributed by atoms with Crippen molar-refractivity contribution in [3.05, 3.63) is 42.2 Å². The van der Waals surface area contributed by atoms with E-state index in [1.165, 1.54) is 26.5 Å². The average molecular weight is 209 g/mol. The number of methoxy groups -OCH3 is 2. The Morgan fingerprint density at radius 3 is 2.60 bits per heavy atom. The molecule has 0 saturated carbocycles. The maximum Gasteiger partial charge on any atom is 0.257 e. The second kappa shape index (κ2) is 4.42. The fraction of sp³-hybridized carbons (Fsp3) is 0.364. The monoisotopic (exact) mass is 209 g/mol. The van der Waals surface area contributed by atoms with Gasteiger partial charge in [-0.05, 0) is 12.2 Å². The average Bonchev–Trinajstić information content (AvgIpc) is 2.56. The van der Waals surface area contributed by atoms with Crippen molar-refractivity contribution in [3.63, 3.8) is 0 Å². The maximum atomic E-state index is 11.7. The van der Waals surface area contributed by atoms with E-state index in [1.807, 2.05) is 0 Å². The normalized spacial score (nSPS) is 24.5. The van der Waals surface area contributed by atoms with E-state index in [2.05, 4.69) is 13.2 Å². The molecule has 82 valence electrons. The van der Waals surface area contributed by atoms with Gasteiger partial charge in [0.05, 0.1) is 0 Å². The molecule has 1 atom stereocenters. The van der Waals surface area contributed by atoms with Crippen LogP contribution in [0.3, 0.4) is 0 Å². The van der Waals surface area contributed by atoms with Crippen LogP contribution in [0.25, 0.3) is 0 Å². The third-order valence-corrected chi connectivity index (χ3v) is 2.41. The molecule has 0 N–H and O–H groups in total. The largest absolute Gasteiger partial charge is 0.623 e. The summed E-state index contributed by atoms with van der Waals surface area (Å²) >= 11 is 0. The highest BCUT2D eigenvalue weighted by Crippen LogP contribution is 2.32. The summed E-state index contributed by atoms with van der Waals surface area (Å²) in [5.74, 6) is -1.06.